The lowest BCUT2D eigenvalue weighted by Crippen LogP contribution is -2.34. The number of aromatic nitrogens is 4. The van der Waals surface area contributed by atoms with Gasteiger partial charge in [-0.05, 0) is 24.3 Å². The number of benzene rings is 1. The summed E-state index contributed by atoms with van der Waals surface area (Å²) >= 11 is 5.89. The van der Waals surface area contributed by atoms with Crippen molar-refractivity contribution in [1.82, 2.24) is 19.8 Å². The Kier molecular flexibility index (Phi) is 4.75. The number of fused-ring (bicyclic) bond motifs is 1. The normalized spacial score (nSPS) is 25.0. The number of carbonyl (C=O) groups excluding carboxylic acids is 1. The molecule has 2 aromatic heterocycles. The van der Waals surface area contributed by atoms with Crippen molar-refractivity contribution in [1.29, 1.82) is 0 Å². The highest BCUT2D eigenvalue weighted by atomic mass is 35.5. The van der Waals surface area contributed by atoms with Crippen molar-refractivity contribution in [3.8, 4) is 0 Å². The quantitative estimate of drug-likeness (QED) is 0.628. The van der Waals surface area contributed by atoms with Gasteiger partial charge in [0.25, 0.3) is 0 Å². The van der Waals surface area contributed by atoms with Gasteiger partial charge < -0.3 is 19.7 Å². The summed E-state index contributed by atoms with van der Waals surface area (Å²) < 4.78 is 12.2. The fraction of sp³-hybridized carbons (Fsp3) is 0.294. The van der Waals surface area contributed by atoms with Crippen LogP contribution in [0.5, 0.6) is 0 Å². The molecule has 1 aromatic carbocycles. The predicted octanol–water partition coefficient (Wildman–Crippen LogP) is 0.796. The average molecular weight is 391 g/mol. The highest BCUT2D eigenvalue weighted by Crippen LogP contribution is 2.33. The van der Waals surface area contributed by atoms with Gasteiger partial charge in [-0.2, -0.15) is 9.61 Å². The summed E-state index contributed by atoms with van der Waals surface area (Å²) in [5, 5.41) is 32.8. The third-order valence-electron chi connectivity index (χ3n) is 4.26. The number of esters is 1. The summed E-state index contributed by atoms with van der Waals surface area (Å²) in [6.45, 7) is -0.229. The van der Waals surface area contributed by atoms with Gasteiger partial charge in [-0.15, -0.1) is 10.2 Å². The Morgan fingerprint density at radius 1 is 1.15 bits per heavy atom. The number of rotatable bonds is 4. The molecule has 10 heteroatoms. The molecule has 1 fully saturated rings. The van der Waals surface area contributed by atoms with Gasteiger partial charge in [-0.1, -0.05) is 29.8 Å². The Morgan fingerprint density at radius 3 is 2.70 bits per heavy atom. The van der Waals surface area contributed by atoms with Gasteiger partial charge in [-0.3, -0.25) is 0 Å². The number of halogens is 1. The third kappa shape index (κ3) is 3.37. The first-order chi connectivity index (χ1) is 13.0. The zero-order valence-corrected chi connectivity index (χ0v) is 14.6. The number of hydrogen-bond acceptors (Lipinski definition) is 8. The first-order valence-corrected chi connectivity index (χ1v) is 8.54. The second kappa shape index (κ2) is 7.20. The molecule has 4 rings (SSSR count). The van der Waals surface area contributed by atoms with Gasteiger partial charge in [-0.25, -0.2) is 4.79 Å². The second-order valence-electron chi connectivity index (χ2n) is 6.03. The van der Waals surface area contributed by atoms with E-state index in [0.717, 1.165) is 0 Å². The summed E-state index contributed by atoms with van der Waals surface area (Å²) in [5.41, 5.74) is 0.794. The first kappa shape index (κ1) is 17.8. The van der Waals surface area contributed by atoms with Crippen LogP contribution in [0.25, 0.3) is 5.65 Å². The monoisotopic (exact) mass is 390 g/mol. The molecule has 0 unspecified atom stereocenters. The van der Waals surface area contributed by atoms with Gasteiger partial charge >= 0.3 is 5.97 Å². The summed E-state index contributed by atoms with van der Waals surface area (Å²) in [4.78, 5) is 12.0. The Hall–Kier alpha value is -2.59. The highest BCUT2D eigenvalue weighted by molar-refractivity contribution is 6.29. The fourth-order valence-corrected chi connectivity index (χ4v) is 3.01. The van der Waals surface area contributed by atoms with Crippen LogP contribution in [-0.4, -0.2) is 60.9 Å². The van der Waals surface area contributed by atoms with Crippen LogP contribution in [0.2, 0.25) is 5.15 Å². The largest absolute Gasteiger partial charge is 0.459 e. The van der Waals surface area contributed by atoms with E-state index in [1.165, 1.54) is 4.52 Å². The first-order valence-electron chi connectivity index (χ1n) is 8.16. The van der Waals surface area contributed by atoms with Gasteiger partial charge in [0.05, 0.1) is 5.56 Å². The molecule has 0 amide bonds. The number of carbonyl (C=O) groups is 1. The summed E-state index contributed by atoms with van der Waals surface area (Å²) in [7, 11) is 0. The predicted molar refractivity (Wildman–Crippen MR) is 92.1 cm³/mol. The molecule has 0 radical (unpaired) electrons. The maximum Gasteiger partial charge on any atom is 0.338 e. The molecule has 2 N–H and O–H groups in total. The maximum atomic E-state index is 12.0. The van der Waals surface area contributed by atoms with Crippen LogP contribution in [0.3, 0.4) is 0 Å². The number of hydrogen-bond donors (Lipinski definition) is 2. The molecule has 1 aliphatic rings. The maximum absolute atomic E-state index is 12.0. The van der Waals surface area contributed by atoms with Crippen molar-refractivity contribution >= 4 is 23.2 Å². The van der Waals surface area contributed by atoms with Gasteiger partial charge in [0, 0.05) is 0 Å². The topological polar surface area (TPSA) is 119 Å². The lowest BCUT2D eigenvalue weighted by molar-refractivity contribution is -0.0364. The molecule has 1 saturated heterocycles. The van der Waals surface area contributed by atoms with Gasteiger partial charge in [0.1, 0.15) is 36.2 Å². The van der Waals surface area contributed by atoms with Crippen LogP contribution in [0, 0.1) is 0 Å². The summed E-state index contributed by atoms with van der Waals surface area (Å²) in [6, 6.07) is 11.6. The molecular weight excluding hydrogens is 376 g/mol. The van der Waals surface area contributed by atoms with Crippen molar-refractivity contribution in [2.75, 3.05) is 6.61 Å². The van der Waals surface area contributed by atoms with E-state index in [4.69, 9.17) is 21.1 Å². The van der Waals surface area contributed by atoms with E-state index < -0.39 is 30.4 Å². The molecule has 1 aliphatic heterocycles. The van der Waals surface area contributed by atoms with Crippen LogP contribution >= 0.6 is 11.6 Å². The molecule has 3 aromatic rings. The van der Waals surface area contributed by atoms with E-state index in [9.17, 15) is 15.0 Å². The minimum atomic E-state index is -1.29. The van der Waals surface area contributed by atoms with E-state index in [0.29, 0.717) is 11.2 Å². The molecule has 0 saturated carbocycles. The van der Waals surface area contributed by atoms with Crippen LogP contribution in [0.4, 0.5) is 0 Å². The Morgan fingerprint density at radius 2 is 1.93 bits per heavy atom. The molecule has 27 heavy (non-hydrogen) atoms. The molecule has 3 heterocycles. The highest BCUT2D eigenvalue weighted by Gasteiger charge is 2.46. The van der Waals surface area contributed by atoms with Gasteiger partial charge in [0.2, 0.25) is 0 Å². The Labute approximate surface area is 158 Å². The van der Waals surface area contributed by atoms with E-state index in [-0.39, 0.29) is 17.6 Å². The molecule has 140 valence electrons. The van der Waals surface area contributed by atoms with Gasteiger partial charge in [0.15, 0.2) is 11.5 Å². The zero-order chi connectivity index (χ0) is 19.0. The zero-order valence-electron chi connectivity index (χ0n) is 13.8. The SMILES string of the molecule is O=C(OC[C@H]1O[C@@H](c2nnc3ccc(Cl)nn23)[C@H](O)[C@@H]1O)c1ccccc1. The molecule has 0 bridgehead atoms. The molecule has 0 spiro atoms. The Balaban J connectivity index is 1.49. The van der Waals surface area contributed by atoms with E-state index in [1.54, 1.807) is 42.5 Å². The standard InChI is InChI=1S/C17H15ClN4O5/c18-11-6-7-12-19-20-16(22(12)21-11)15-14(24)13(23)10(27-15)8-26-17(25)9-4-2-1-3-5-9/h1-7,10,13-15,23-24H,8H2/t10-,13-,14-,15-/m1/s1. The summed E-state index contributed by atoms with van der Waals surface area (Å²) in [5.74, 6) is -0.360. The number of nitrogens with zero attached hydrogens (tertiary/aromatic N) is 4. The molecule has 4 atom stereocenters. The minimum absolute atomic E-state index is 0.191. The number of aliphatic hydroxyl groups excluding tert-OH is 2. The average Bonchev–Trinajstić information content (AvgIpc) is 3.22. The van der Waals surface area contributed by atoms with E-state index >= 15 is 0 Å². The third-order valence-corrected chi connectivity index (χ3v) is 4.46. The Bertz CT molecular complexity index is 966. The molecule has 0 aliphatic carbocycles. The van der Waals surface area contributed by atoms with Crippen molar-refractivity contribution in [2.24, 2.45) is 0 Å². The van der Waals surface area contributed by atoms with Crippen molar-refractivity contribution in [3.63, 3.8) is 0 Å². The fourth-order valence-electron chi connectivity index (χ4n) is 2.88. The van der Waals surface area contributed by atoms with Crippen molar-refractivity contribution in [2.45, 2.75) is 24.4 Å². The van der Waals surface area contributed by atoms with E-state index in [2.05, 4.69) is 15.3 Å². The van der Waals surface area contributed by atoms with E-state index in [1.807, 2.05) is 0 Å². The summed E-state index contributed by atoms with van der Waals surface area (Å²) in [6.07, 6.45) is -4.49. The van der Waals surface area contributed by atoms with Crippen LogP contribution in [-0.2, 0) is 9.47 Å². The second-order valence-corrected chi connectivity index (χ2v) is 6.41. The lowest BCUT2D eigenvalue weighted by Gasteiger charge is -2.14. The van der Waals surface area contributed by atoms with Crippen LogP contribution < -0.4 is 0 Å². The number of ether oxygens (including phenoxy) is 2. The molecular formula is C17H15ClN4O5. The van der Waals surface area contributed by atoms with Crippen molar-refractivity contribution in [3.05, 3.63) is 59.0 Å². The van der Waals surface area contributed by atoms with Crippen molar-refractivity contribution < 1.29 is 24.5 Å². The number of aliphatic hydroxyl groups is 2. The van der Waals surface area contributed by atoms with Crippen LogP contribution in [0.15, 0.2) is 42.5 Å². The lowest BCUT2D eigenvalue weighted by atomic mass is 10.1. The van der Waals surface area contributed by atoms with Crippen LogP contribution in [0.1, 0.15) is 22.3 Å². The molecule has 9 nitrogen and oxygen atoms in total. The smallest absolute Gasteiger partial charge is 0.338 e. The minimum Gasteiger partial charge on any atom is -0.459 e.